The summed E-state index contributed by atoms with van der Waals surface area (Å²) < 4.78 is 5.05. The lowest BCUT2D eigenvalue weighted by atomic mass is 10.0. The molecule has 2 fully saturated rings. The van der Waals surface area contributed by atoms with Crippen molar-refractivity contribution in [3.63, 3.8) is 0 Å². The Hall–Kier alpha value is -1.36. The van der Waals surface area contributed by atoms with Crippen LogP contribution >= 0.6 is 0 Å². The van der Waals surface area contributed by atoms with Crippen molar-refractivity contribution in [2.75, 3.05) is 38.2 Å². The molecule has 5 heteroatoms. The molecule has 16 heavy (non-hydrogen) atoms. The van der Waals surface area contributed by atoms with E-state index in [1.54, 1.807) is 13.3 Å². The Kier molecular flexibility index (Phi) is 2.40. The number of aromatic nitrogens is 2. The summed E-state index contributed by atoms with van der Waals surface area (Å²) in [5, 5.41) is 3.43. The fourth-order valence-electron chi connectivity index (χ4n) is 2.65. The molecule has 2 aliphatic rings. The van der Waals surface area contributed by atoms with E-state index in [0.29, 0.717) is 6.01 Å². The molecule has 0 bridgehead atoms. The average molecular weight is 220 g/mol. The number of nitrogens with zero attached hydrogens (tertiary/aromatic N) is 3. The first-order valence-corrected chi connectivity index (χ1v) is 5.69. The van der Waals surface area contributed by atoms with Crippen LogP contribution in [0.15, 0.2) is 12.3 Å². The zero-order valence-electron chi connectivity index (χ0n) is 9.39. The first-order valence-electron chi connectivity index (χ1n) is 5.69. The molecule has 5 nitrogen and oxygen atoms in total. The third-order valence-corrected chi connectivity index (χ3v) is 3.51. The third-order valence-electron chi connectivity index (χ3n) is 3.51. The predicted molar refractivity (Wildman–Crippen MR) is 60.6 cm³/mol. The predicted octanol–water partition coefficient (Wildman–Crippen LogP) is 0.141. The Balaban J connectivity index is 1.78. The van der Waals surface area contributed by atoms with E-state index in [9.17, 15) is 0 Å². The molecule has 1 N–H and O–H groups in total. The van der Waals surface area contributed by atoms with Crippen LogP contribution in [-0.4, -0.2) is 43.3 Å². The second-order valence-electron chi connectivity index (χ2n) is 4.48. The summed E-state index contributed by atoms with van der Waals surface area (Å²) in [6, 6.07) is 2.41. The molecule has 86 valence electrons. The Morgan fingerprint density at radius 2 is 2.12 bits per heavy atom. The Morgan fingerprint density at radius 3 is 2.81 bits per heavy atom. The molecule has 0 amide bonds. The SMILES string of the molecule is COc1nccc(N2CC3CNCC3C2)n1. The number of anilines is 1. The molecule has 0 aliphatic carbocycles. The van der Waals surface area contributed by atoms with Gasteiger partial charge in [-0.05, 0) is 17.9 Å². The van der Waals surface area contributed by atoms with Crippen LogP contribution in [0.3, 0.4) is 0 Å². The van der Waals surface area contributed by atoms with E-state index in [1.165, 1.54) is 0 Å². The summed E-state index contributed by atoms with van der Waals surface area (Å²) in [4.78, 5) is 10.7. The topological polar surface area (TPSA) is 50.3 Å². The van der Waals surface area contributed by atoms with Crippen molar-refractivity contribution in [2.24, 2.45) is 11.8 Å². The molecule has 2 aliphatic heterocycles. The molecule has 2 atom stereocenters. The zero-order valence-corrected chi connectivity index (χ0v) is 9.39. The Morgan fingerprint density at radius 1 is 1.38 bits per heavy atom. The molecule has 0 spiro atoms. The van der Waals surface area contributed by atoms with Crippen molar-refractivity contribution in [1.29, 1.82) is 0 Å². The lowest BCUT2D eigenvalue weighted by Crippen LogP contribution is -2.26. The molecule has 2 saturated heterocycles. The van der Waals surface area contributed by atoms with E-state index in [-0.39, 0.29) is 0 Å². The van der Waals surface area contributed by atoms with E-state index in [0.717, 1.165) is 43.8 Å². The van der Waals surface area contributed by atoms with Gasteiger partial charge in [-0.25, -0.2) is 4.98 Å². The number of ether oxygens (including phenoxy) is 1. The van der Waals surface area contributed by atoms with Gasteiger partial charge in [-0.3, -0.25) is 0 Å². The number of fused-ring (bicyclic) bond motifs is 1. The fraction of sp³-hybridized carbons (Fsp3) is 0.636. The standard InChI is InChI=1S/C11H16N4O/c1-16-11-13-3-2-10(14-11)15-6-8-4-12-5-9(8)7-15/h2-3,8-9,12H,4-7H2,1H3. The summed E-state index contributed by atoms with van der Waals surface area (Å²) in [5.41, 5.74) is 0. The minimum atomic E-state index is 0.452. The molecule has 1 aromatic heterocycles. The van der Waals surface area contributed by atoms with Crippen LogP contribution in [0.5, 0.6) is 6.01 Å². The quantitative estimate of drug-likeness (QED) is 0.768. The Labute approximate surface area is 94.8 Å². The second kappa shape index (κ2) is 3.90. The van der Waals surface area contributed by atoms with E-state index in [2.05, 4.69) is 20.2 Å². The van der Waals surface area contributed by atoms with Crippen molar-refractivity contribution >= 4 is 5.82 Å². The summed E-state index contributed by atoms with van der Waals surface area (Å²) in [5.74, 6) is 2.54. The van der Waals surface area contributed by atoms with Gasteiger partial charge in [0.15, 0.2) is 0 Å². The van der Waals surface area contributed by atoms with Gasteiger partial charge in [0.1, 0.15) is 5.82 Å². The number of hydrogen-bond acceptors (Lipinski definition) is 5. The molecule has 3 heterocycles. The smallest absolute Gasteiger partial charge is 0.318 e. The van der Waals surface area contributed by atoms with Gasteiger partial charge >= 0.3 is 6.01 Å². The van der Waals surface area contributed by atoms with Gasteiger partial charge in [-0.15, -0.1) is 0 Å². The molecule has 1 aromatic rings. The van der Waals surface area contributed by atoms with Crippen LogP contribution in [0.2, 0.25) is 0 Å². The number of nitrogens with one attached hydrogen (secondary N) is 1. The van der Waals surface area contributed by atoms with E-state index in [1.807, 2.05) is 6.07 Å². The molecular formula is C11H16N4O. The molecule has 2 unspecified atom stereocenters. The third kappa shape index (κ3) is 1.61. The zero-order chi connectivity index (χ0) is 11.0. The van der Waals surface area contributed by atoms with Gasteiger partial charge in [0.05, 0.1) is 7.11 Å². The highest BCUT2D eigenvalue weighted by atomic mass is 16.5. The largest absolute Gasteiger partial charge is 0.467 e. The first kappa shape index (κ1) is 9.84. The number of hydrogen-bond donors (Lipinski definition) is 1. The normalized spacial score (nSPS) is 28.2. The van der Waals surface area contributed by atoms with Crippen LogP contribution < -0.4 is 15.0 Å². The van der Waals surface area contributed by atoms with Crippen LogP contribution in [0.1, 0.15) is 0 Å². The minimum absolute atomic E-state index is 0.452. The maximum atomic E-state index is 5.05. The van der Waals surface area contributed by atoms with E-state index >= 15 is 0 Å². The summed E-state index contributed by atoms with van der Waals surface area (Å²) in [6.07, 6.45) is 1.76. The highest BCUT2D eigenvalue weighted by Crippen LogP contribution is 2.29. The number of rotatable bonds is 2. The molecule has 0 aromatic carbocycles. The van der Waals surface area contributed by atoms with Crippen molar-refractivity contribution < 1.29 is 4.74 Å². The van der Waals surface area contributed by atoms with Gasteiger partial charge in [0, 0.05) is 32.4 Å². The van der Waals surface area contributed by atoms with E-state index < -0.39 is 0 Å². The monoisotopic (exact) mass is 220 g/mol. The highest BCUT2D eigenvalue weighted by molar-refractivity contribution is 5.40. The van der Waals surface area contributed by atoms with Gasteiger partial charge in [0.25, 0.3) is 0 Å². The summed E-state index contributed by atoms with van der Waals surface area (Å²) >= 11 is 0. The van der Waals surface area contributed by atoms with Gasteiger partial charge < -0.3 is 15.0 Å². The second-order valence-corrected chi connectivity index (χ2v) is 4.48. The van der Waals surface area contributed by atoms with Gasteiger partial charge in [-0.2, -0.15) is 4.98 Å². The van der Waals surface area contributed by atoms with Crippen LogP contribution in [0, 0.1) is 11.8 Å². The van der Waals surface area contributed by atoms with Crippen molar-refractivity contribution in [1.82, 2.24) is 15.3 Å². The summed E-state index contributed by atoms with van der Waals surface area (Å²) in [6.45, 7) is 4.47. The summed E-state index contributed by atoms with van der Waals surface area (Å²) in [7, 11) is 1.60. The van der Waals surface area contributed by atoms with Crippen LogP contribution in [-0.2, 0) is 0 Å². The van der Waals surface area contributed by atoms with Gasteiger partial charge in [-0.1, -0.05) is 0 Å². The Bertz CT molecular complexity index is 372. The van der Waals surface area contributed by atoms with Crippen molar-refractivity contribution in [3.05, 3.63) is 12.3 Å². The highest BCUT2D eigenvalue weighted by Gasteiger charge is 2.36. The molecule has 3 rings (SSSR count). The van der Waals surface area contributed by atoms with Crippen molar-refractivity contribution in [2.45, 2.75) is 0 Å². The van der Waals surface area contributed by atoms with Crippen LogP contribution in [0.25, 0.3) is 0 Å². The first-order chi connectivity index (χ1) is 7.86. The fourth-order valence-corrected chi connectivity index (χ4v) is 2.65. The van der Waals surface area contributed by atoms with Crippen LogP contribution in [0.4, 0.5) is 5.82 Å². The molecular weight excluding hydrogens is 204 g/mol. The molecule has 0 radical (unpaired) electrons. The minimum Gasteiger partial charge on any atom is -0.467 e. The van der Waals surface area contributed by atoms with Crippen molar-refractivity contribution in [3.8, 4) is 6.01 Å². The van der Waals surface area contributed by atoms with E-state index in [4.69, 9.17) is 4.74 Å². The average Bonchev–Trinajstić information content (AvgIpc) is 2.89. The number of methoxy groups -OCH3 is 1. The maximum Gasteiger partial charge on any atom is 0.318 e. The lowest BCUT2D eigenvalue weighted by molar-refractivity contribution is 0.380. The van der Waals surface area contributed by atoms with Gasteiger partial charge in [0.2, 0.25) is 0 Å². The molecule has 0 saturated carbocycles. The maximum absolute atomic E-state index is 5.05. The lowest BCUT2D eigenvalue weighted by Gasteiger charge is -2.18.